The van der Waals surface area contributed by atoms with Crippen molar-refractivity contribution in [3.8, 4) is 0 Å². The van der Waals surface area contributed by atoms with Crippen LogP contribution in [0.4, 0.5) is 0 Å². The third-order valence-electron chi connectivity index (χ3n) is 3.68. The second-order valence-corrected chi connectivity index (χ2v) is 5.06. The van der Waals surface area contributed by atoms with Crippen molar-refractivity contribution in [2.45, 2.75) is 32.4 Å². The van der Waals surface area contributed by atoms with Gasteiger partial charge in [-0.3, -0.25) is 19.7 Å². The third-order valence-corrected chi connectivity index (χ3v) is 3.68. The second-order valence-electron chi connectivity index (χ2n) is 5.06. The van der Waals surface area contributed by atoms with E-state index in [-0.39, 0.29) is 24.1 Å². The fourth-order valence-corrected chi connectivity index (χ4v) is 2.67. The van der Waals surface area contributed by atoms with Gasteiger partial charge in [0.25, 0.3) is 5.91 Å². The lowest BCUT2D eigenvalue weighted by molar-refractivity contribution is -0.136. The largest absolute Gasteiger partial charge is 0.322 e. The zero-order valence-corrected chi connectivity index (χ0v) is 10.6. The molecular weight excluding hydrogens is 244 g/mol. The Morgan fingerprint density at radius 3 is 2.79 bits per heavy atom. The normalized spacial score (nSPS) is 22.5. The molecule has 0 aromatic heterocycles. The molecular formula is C14H14N2O3. The molecule has 2 aliphatic rings. The van der Waals surface area contributed by atoms with Gasteiger partial charge in [0.2, 0.25) is 11.8 Å². The van der Waals surface area contributed by atoms with Gasteiger partial charge in [-0.25, -0.2) is 0 Å². The third kappa shape index (κ3) is 1.91. The first-order valence-electron chi connectivity index (χ1n) is 6.30. The highest BCUT2D eigenvalue weighted by Crippen LogP contribution is 2.27. The van der Waals surface area contributed by atoms with E-state index < -0.39 is 6.04 Å². The zero-order valence-electron chi connectivity index (χ0n) is 10.6. The number of fused-ring (bicyclic) bond motifs is 1. The fourth-order valence-electron chi connectivity index (χ4n) is 2.67. The topological polar surface area (TPSA) is 66.5 Å². The van der Waals surface area contributed by atoms with Gasteiger partial charge in [-0.05, 0) is 25.0 Å². The standard InChI is InChI=1S/C14H14N2O3/c1-8-2-3-9-7-16(14(19)10(9)6-8)11-4-5-12(17)15-13(11)18/h2-3,6,11H,4-5,7H2,1H3,(H,15,17,18)/t11-/m0/s1. The molecule has 1 atom stereocenters. The Kier molecular flexibility index (Phi) is 2.62. The van der Waals surface area contributed by atoms with E-state index >= 15 is 0 Å². The summed E-state index contributed by atoms with van der Waals surface area (Å²) in [6.07, 6.45) is 0.693. The van der Waals surface area contributed by atoms with Crippen molar-refractivity contribution in [3.63, 3.8) is 0 Å². The number of rotatable bonds is 1. The van der Waals surface area contributed by atoms with Crippen molar-refractivity contribution in [2.24, 2.45) is 0 Å². The Hall–Kier alpha value is -2.17. The molecule has 0 saturated carbocycles. The molecule has 1 N–H and O–H groups in total. The predicted molar refractivity (Wildman–Crippen MR) is 67.2 cm³/mol. The molecule has 3 rings (SSSR count). The maximum atomic E-state index is 12.3. The van der Waals surface area contributed by atoms with Crippen LogP contribution in [-0.2, 0) is 16.1 Å². The van der Waals surface area contributed by atoms with Crippen molar-refractivity contribution in [2.75, 3.05) is 0 Å². The summed E-state index contributed by atoms with van der Waals surface area (Å²) in [6, 6.07) is 5.20. The Morgan fingerprint density at radius 1 is 1.26 bits per heavy atom. The maximum Gasteiger partial charge on any atom is 0.255 e. The van der Waals surface area contributed by atoms with Gasteiger partial charge in [0.15, 0.2) is 0 Å². The molecule has 1 saturated heterocycles. The van der Waals surface area contributed by atoms with Crippen LogP contribution in [0.15, 0.2) is 18.2 Å². The van der Waals surface area contributed by atoms with Crippen LogP contribution in [0.25, 0.3) is 0 Å². The van der Waals surface area contributed by atoms with Gasteiger partial charge in [-0.15, -0.1) is 0 Å². The van der Waals surface area contributed by atoms with E-state index in [2.05, 4.69) is 5.32 Å². The molecule has 2 heterocycles. The van der Waals surface area contributed by atoms with Crippen molar-refractivity contribution in [1.29, 1.82) is 0 Å². The molecule has 0 aliphatic carbocycles. The summed E-state index contributed by atoms with van der Waals surface area (Å²) in [5.41, 5.74) is 2.64. The van der Waals surface area contributed by atoms with Gasteiger partial charge < -0.3 is 4.90 Å². The van der Waals surface area contributed by atoms with Gasteiger partial charge in [-0.1, -0.05) is 17.7 Å². The average Bonchev–Trinajstić information content (AvgIpc) is 2.67. The number of nitrogens with zero attached hydrogens (tertiary/aromatic N) is 1. The molecule has 0 bridgehead atoms. The monoisotopic (exact) mass is 258 g/mol. The molecule has 0 spiro atoms. The van der Waals surface area contributed by atoms with Crippen LogP contribution >= 0.6 is 0 Å². The molecule has 5 heteroatoms. The summed E-state index contributed by atoms with van der Waals surface area (Å²) in [6.45, 7) is 2.38. The number of benzene rings is 1. The van der Waals surface area contributed by atoms with Crippen molar-refractivity contribution >= 4 is 17.7 Å². The van der Waals surface area contributed by atoms with Crippen LogP contribution in [-0.4, -0.2) is 28.7 Å². The molecule has 1 aromatic carbocycles. The summed E-state index contributed by atoms with van der Waals surface area (Å²) in [5, 5.41) is 2.29. The van der Waals surface area contributed by atoms with E-state index in [1.165, 1.54) is 0 Å². The van der Waals surface area contributed by atoms with Gasteiger partial charge in [-0.2, -0.15) is 0 Å². The van der Waals surface area contributed by atoms with Crippen LogP contribution in [0, 0.1) is 6.92 Å². The minimum Gasteiger partial charge on any atom is -0.322 e. The number of amides is 3. The highest BCUT2D eigenvalue weighted by molar-refractivity contribution is 6.05. The van der Waals surface area contributed by atoms with E-state index in [0.29, 0.717) is 18.5 Å². The van der Waals surface area contributed by atoms with E-state index in [1.807, 2.05) is 25.1 Å². The molecule has 1 fully saturated rings. The Balaban J connectivity index is 1.88. The molecule has 19 heavy (non-hydrogen) atoms. The lowest BCUT2D eigenvalue weighted by Crippen LogP contribution is -2.52. The first-order chi connectivity index (χ1) is 9.06. The summed E-state index contributed by atoms with van der Waals surface area (Å²) in [7, 11) is 0. The first kappa shape index (κ1) is 11.9. The lowest BCUT2D eigenvalue weighted by Gasteiger charge is -2.29. The van der Waals surface area contributed by atoms with Crippen LogP contribution in [0.3, 0.4) is 0 Å². The van der Waals surface area contributed by atoms with E-state index in [0.717, 1.165) is 11.1 Å². The number of carbonyl (C=O) groups is 3. The summed E-state index contributed by atoms with van der Waals surface area (Å²) >= 11 is 0. The Labute approximate surface area is 110 Å². The number of aryl methyl sites for hydroxylation is 1. The van der Waals surface area contributed by atoms with Crippen molar-refractivity contribution in [1.82, 2.24) is 10.2 Å². The van der Waals surface area contributed by atoms with Crippen LogP contribution in [0.2, 0.25) is 0 Å². The smallest absolute Gasteiger partial charge is 0.255 e. The molecule has 5 nitrogen and oxygen atoms in total. The van der Waals surface area contributed by atoms with Gasteiger partial charge in [0, 0.05) is 18.5 Å². The highest BCUT2D eigenvalue weighted by Gasteiger charge is 2.38. The van der Waals surface area contributed by atoms with Gasteiger partial charge >= 0.3 is 0 Å². The minimum atomic E-state index is -0.530. The molecule has 1 aromatic rings. The summed E-state index contributed by atoms with van der Waals surface area (Å²) in [4.78, 5) is 36.9. The minimum absolute atomic E-state index is 0.117. The molecule has 2 aliphatic heterocycles. The molecule has 3 amide bonds. The first-order valence-corrected chi connectivity index (χ1v) is 6.30. The highest BCUT2D eigenvalue weighted by atomic mass is 16.2. The Bertz CT molecular complexity index is 594. The maximum absolute atomic E-state index is 12.3. The quantitative estimate of drug-likeness (QED) is 0.756. The van der Waals surface area contributed by atoms with E-state index in [1.54, 1.807) is 4.90 Å². The van der Waals surface area contributed by atoms with Crippen LogP contribution in [0.5, 0.6) is 0 Å². The lowest BCUT2D eigenvalue weighted by atomic mass is 10.0. The average molecular weight is 258 g/mol. The second kappa shape index (κ2) is 4.19. The zero-order chi connectivity index (χ0) is 13.6. The summed E-state index contributed by atoms with van der Waals surface area (Å²) < 4.78 is 0. The number of carbonyl (C=O) groups excluding carboxylic acids is 3. The predicted octanol–water partition coefficient (Wildman–Crippen LogP) is 0.756. The number of nitrogens with one attached hydrogen (secondary N) is 1. The number of hydrogen-bond donors (Lipinski definition) is 1. The van der Waals surface area contributed by atoms with E-state index in [4.69, 9.17) is 0 Å². The van der Waals surface area contributed by atoms with Crippen LogP contribution in [0.1, 0.15) is 34.3 Å². The summed E-state index contributed by atoms with van der Waals surface area (Å²) in [5.74, 6) is -0.747. The molecule has 0 unspecified atom stereocenters. The molecule has 98 valence electrons. The Morgan fingerprint density at radius 2 is 2.05 bits per heavy atom. The van der Waals surface area contributed by atoms with Crippen LogP contribution < -0.4 is 5.32 Å². The number of piperidine rings is 1. The van der Waals surface area contributed by atoms with Gasteiger partial charge in [0.1, 0.15) is 6.04 Å². The number of hydrogen-bond acceptors (Lipinski definition) is 3. The number of imide groups is 1. The fraction of sp³-hybridized carbons (Fsp3) is 0.357. The van der Waals surface area contributed by atoms with E-state index in [9.17, 15) is 14.4 Å². The van der Waals surface area contributed by atoms with Gasteiger partial charge in [0.05, 0.1) is 0 Å². The molecule has 0 radical (unpaired) electrons. The SMILES string of the molecule is Cc1ccc2c(c1)C(=O)N([C@H]1CCC(=O)NC1=O)C2. The van der Waals surface area contributed by atoms with Crippen molar-refractivity contribution < 1.29 is 14.4 Å². The van der Waals surface area contributed by atoms with Crippen molar-refractivity contribution in [3.05, 3.63) is 34.9 Å².